The summed E-state index contributed by atoms with van der Waals surface area (Å²) >= 11 is 1.67. The number of sulfonamides is 1. The molecule has 5 nitrogen and oxygen atoms in total. The van der Waals surface area contributed by atoms with E-state index in [9.17, 15) is 8.42 Å². The molecule has 2 aliphatic rings. The molecule has 0 unspecified atom stereocenters. The molecular weight excluding hydrogens is 322 g/mol. The minimum absolute atomic E-state index is 0.127. The van der Waals surface area contributed by atoms with Crippen molar-refractivity contribution >= 4 is 27.5 Å². The van der Waals surface area contributed by atoms with Crippen molar-refractivity contribution in [3.05, 3.63) is 42.5 Å². The third-order valence-electron chi connectivity index (χ3n) is 3.62. The number of hydrogen-bond donors (Lipinski definition) is 0. The van der Waals surface area contributed by atoms with Crippen LogP contribution in [0.4, 0.5) is 5.69 Å². The zero-order valence-corrected chi connectivity index (χ0v) is 13.2. The zero-order chi connectivity index (χ0) is 15.2. The summed E-state index contributed by atoms with van der Waals surface area (Å²) in [5.41, 5.74) is 0.733. The maximum atomic E-state index is 13.0. The van der Waals surface area contributed by atoms with Crippen LogP contribution in [0.25, 0.3) is 0 Å². The van der Waals surface area contributed by atoms with Crippen molar-refractivity contribution in [1.82, 2.24) is 0 Å². The highest BCUT2D eigenvalue weighted by Crippen LogP contribution is 2.39. The average Bonchev–Trinajstić information content (AvgIpc) is 3.02. The first kappa shape index (κ1) is 13.8. The number of fused-ring (bicyclic) bond motifs is 2. The van der Waals surface area contributed by atoms with Crippen molar-refractivity contribution in [2.75, 3.05) is 23.4 Å². The second-order valence-electron chi connectivity index (χ2n) is 4.91. The second kappa shape index (κ2) is 5.10. The summed E-state index contributed by atoms with van der Waals surface area (Å²) in [7, 11) is -3.61. The molecule has 0 aliphatic carbocycles. The third kappa shape index (κ3) is 2.12. The highest BCUT2D eigenvalue weighted by atomic mass is 32.2. The van der Waals surface area contributed by atoms with E-state index in [4.69, 9.17) is 9.47 Å². The summed E-state index contributed by atoms with van der Waals surface area (Å²) in [5.74, 6) is 1.79. The second-order valence-corrected chi connectivity index (χ2v) is 7.91. The molecule has 0 atom stereocenters. The Morgan fingerprint density at radius 1 is 1.05 bits per heavy atom. The number of benzene rings is 2. The van der Waals surface area contributed by atoms with Gasteiger partial charge in [-0.3, -0.25) is 4.31 Å². The first-order valence-corrected chi connectivity index (χ1v) is 9.23. The predicted molar refractivity (Wildman–Crippen MR) is 84.3 cm³/mol. The largest absolute Gasteiger partial charge is 0.454 e. The van der Waals surface area contributed by atoms with Gasteiger partial charge >= 0.3 is 0 Å². The van der Waals surface area contributed by atoms with E-state index in [1.54, 1.807) is 23.9 Å². The van der Waals surface area contributed by atoms with Gasteiger partial charge in [-0.15, -0.1) is 11.8 Å². The highest BCUT2D eigenvalue weighted by Gasteiger charge is 2.30. The molecule has 0 bridgehead atoms. The lowest BCUT2D eigenvalue weighted by Gasteiger charge is -2.30. The third-order valence-corrected chi connectivity index (χ3v) is 6.47. The molecule has 0 saturated heterocycles. The molecule has 22 heavy (non-hydrogen) atoms. The molecule has 7 heteroatoms. The van der Waals surface area contributed by atoms with Crippen LogP contribution in [-0.2, 0) is 10.0 Å². The van der Waals surface area contributed by atoms with E-state index < -0.39 is 10.0 Å². The summed E-state index contributed by atoms with van der Waals surface area (Å²) in [4.78, 5) is 1.21. The maximum Gasteiger partial charge on any atom is 0.264 e. The van der Waals surface area contributed by atoms with Gasteiger partial charge in [-0.05, 0) is 24.3 Å². The standard InChI is InChI=1S/C15H13NO4S2/c17-22(18,11-5-6-13-14(9-11)20-10-19-13)16-7-8-21-15-4-2-1-3-12(15)16/h1-6,9H,7-8,10H2. The van der Waals surface area contributed by atoms with Crippen LogP contribution in [-0.4, -0.2) is 27.5 Å². The fourth-order valence-electron chi connectivity index (χ4n) is 2.56. The van der Waals surface area contributed by atoms with Crippen molar-refractivity contribution in [2.24, 2.45) is 0 Å². The fourth-order valence-corrected chi connectivity index (χ4v) is 5.23. The van der Waals surface area contributed by atoms with E-state index in [2.05, 4.69) is 0 Å². The van der Waals surface area contributed by atoms with Crippen LogP contribution >= 0.6 is 11.8 Å². The van der Waals surface area contributed by atoms with Crippen LogP contribution in [0.3, 0.4) is 0 Å². The molecule has 0 radical (unpaired) electrons. The fraction of sp³-hybridized carbons (Fsp3) is 0.200. The summed E-state index contributed by atoms with van der Waals surface area (Å²) in [6, 6.07) is 12.3. The van der Waals surface area contributed by atoms with Gasteiger partial charge in [0.1, 0.15) is 0 Å². The smallest absolute Gasteiger partial charge is 0.264 e. The normalized spacial score (nSPS) is 16.5. The molecule has 2 aromatic rings. The molecule has 0 spiro atoms. The van der Waals surface area contributed by atoms with Crippen LogP contribution in [0, 0.1) is 0 Å². The van der Waals surface area contributed by atoms with Gasteiger partial charge in [0.25, 0.3) is 10.0 Å². The van der Waals surface area contributed by atoms with E-state index in [0.717, 1.165) is 16.3 Å². The molecule has 2 heterocycles. The summed E-state index contributed by atoms with van der Waals surface area (Å²) < 4.78 is 37.9. The Kier molecular flexibility index (Phi) is 3.19. The van der Waals surface area contributed by atoms with Crippen molar-refractivity contribution in [3.8, 4) is 11.5 Å². The number of nitrogens with zero attached hydrogens (tertiary/aromatic N) is 1. The summed E-state index contributed by atoms with van der Waals surface area (Å²) in [5, 5.41) is 0. The number of rotatable bonds is 2. The lowest BCUT2D eigenvalue weighted by Crippen LogP contribution is -2.35. The van der Waals surface area contributed by atoms with Gasteiger partial charge in [-0.1, -0.05) is 12.1 Å². The van der Waals surface area contributed by atoms with Crippen molar-refractivity contribution < 1.29 is 17.9 Å². The Bertz CT molecular complexity index is 835. The van der Waals surface area contributed by atoms with Crippen LogP contribution in [0.2, 0.25) is 0 Å². The molecule has 0 amide bonds. The van der Waals surface area contributed by atoms with E-state index in [-0.39, 0.29) is 11.7 Å². The van der Waals surface area contributed by atoms with Crippen LogP contribution < -0.4 is 13.8 Å². The van der Waals surface area contributed by atoms with Gasteiger partial charge in [0.15, 0.2) is 11.5 Å². The van der Waals surface area contributed by atoms with Gasteiger partial charge in [-0.2, -0.15) is 0 Å². The van der Waals surface area contributed by atoms with Gasteiger partial charge in [0, 0.05) is 23.3 Å². The van der Waals surface area contributed by atoms with Gasteiger partial charge in [0.2, 0.25) is 6.79 Å². The van der Waals surface area contributed by atoms with Gasteiger partial charge in [0.05, 0.1) is 10.6 Å². The molecule has 0 aromatic heterocycles. The SMILES string of the molecule is O=S(=O)(c1ccc2c(c1)OCO2)N1CCSc2ccccc21. The molecule has 114 valence electrons. The number of hydrogen-bond acceptors (Lipinski definition) is 5. The van der Waals surface area contributed by atoms with Crippen molar-refractivity contribution in [3.63, 3.8) is 0 Å². The van der Waals surface area contributed by atoms with E-state index in [0.29, 0.717) is 18.0 Å². The lowest BCUT2D eigenvalue weighted by atomic mass is 10.3. The van der Waals surface area contributed by atoms with E-state index in [1.165, 1.54) is 10.4 Å². The first-order chi connectivity index (χ1) is 10.7. The lowest BCUT2D eigenvalue weighted by molar-refractivity contribution is 0.174. The highest BCUT2D eigenvalue weighted by molar-refractivity contribution is 8.00. The average molecular weight is 335 g/mol. The maximum absolute atomic E-state index is 13.0. The first-order valence-electron chi connectivity index (χ1n) is 6.80. The Morgan fingerprint density at radius 3 is 2.77 bits per heavy atom. The monoisotopic (exact) mass is 335 g/mol. The molecule has 0 saturated carbocycles. The number of ether oxygens (including phenoxy) is 2. The van der Waals surface area contributed by atoms with Gasteiger partial charge < -0.3 is 9.47 Å². The van der Waals surface area contributed by atoms with Gasteiger partial charge in [-0.25, -0.2) is 8.42 Å². The van der Waals surface area contributed by atoms with Crippen molar-refractivity contribution in [2.45, 2.75) is 9.79 Å². The molecule has 2 aromatic carbocycles. The number of thioether (sulfide) groups is 1. The Hall–Kier alpha value is -1.86. The molecule has 2 aliphatic heterocycles. The molecule has 0 fully saturated rings. The van der Waals surface area contributed by atoms with E-state index >= 15 is 0 Å². The van der Waals surface area contributed by atoms with Crippen LogP contribution in [0.5, 0.6) is 11.5 Å². The van der Waals surface area contributed by atoms with Crippen molar-refractivity contribution in [1.29, 1.82) is 0 Å². The Balaban J connectivity index is 1.79. The number of anilines is 1. The Morgan fingerprint density at radius 2 is 1.86 bits per heavy atom. The molecule has 4 rings (SSSR count). The topological polar surface area (TPSA) is 55.8 Å². The molecular formula is C15H13NO4S2. The predicted octanol–water partition coefficient (Wildman–Crippen LogP) is 2.72. The Labute approximate surface area is 132 Å². The number of para-hydroxylation sites is 1. The summed E-state index contributed by atoms with van der Waals surface area (Å²) in [6.45, 7) is 0.584. The van der Waals surface area contributed by atoms with E-state index in [1.807, 2.05) is 24.3 Å². The minimum atomic E-state index is -3.61. The molecule has 0 N–H and O–H groups in total. The van der Waals surface area contributed by atoms with Crippen LogP contribution in [0.15, 0.2) is 52.3 Å². The zero-order valence-electron chi connectivity index (χ0n) is 11.6. The van der Waals surface area contributed by atoms with Crippen LogP contribution in [0.1, 0.15) is 0 Å². The summed E-state index contributed by atoms with van der Waals surface area (Å²) in [6.07, 6.45) is 0. The quantitative estimate of drug-likeness (QED) is 0.845. The minimum Gasteiger partial charge on any atom is -0.454 e.